The van der Waals surface area contributed by atoms with Crippen molar-refractivity contribution in [1.29, 1.82) is 5.26 Å². The highest BCUT2D eigenvalue weighted by atomic mass is 32.1. The van der Waals surface area contributed by atoms with Crippen molar-refractivity contribution in [2.75, 3.05) is 26.6 Å². The van der Waals surface area contributed by atoms with E-state index in [1.54, 1.807) is 57.7 Å². The lowest BCUT2D eigenvalue weighted by Gasteiger charge is -2.12. The van der Waals surface area contributed by atoms with Gasteiger partial charge in [-0.1, -0.05) is 29.4 Å². The van der Waals surface area contributed by atoms with E-state index in [-0.39, 0.29) is 5.91 Å². The highest BCUT2D eigenvalue weighted by Crippen LogP contribution is 2.41. The van der Waals surface area contributed by atoms with Crippen LogP contribution in [0.1, 0.15) is 15.9 Å². The number of carbonyl (C=O) groups excluding carboxylic acids is 1. The Hall–Kier alpha value is -5.99. The number of amides is 1. The van der Waals surface area contributed by atoms with Gasteiger partial charge in [-0.15, -0.1) is 0 Å². The van der Waals surface area contributed by atoms with Gasteiger partial charge in [-0.2, -0.15) is 9.64 Å². The van der Waals surface area contributed by atoms with E-state index in [9.17, 15) is 4.79 Å². The molecule has 1 amide bonds. The zero-order chi connectivity index (χ0) is 31.3. The molecule has 0 aliphatic rings. The zero-order valence-corrected chi connectivity index (χ0v) is 25.2. The van der Waals surface area contributed by atoms with Crippen LogP contribution in [0.2, 0.25) is 0 Å². The third-order valence-electron chi connectivity index (χ3n) is 6.99. The molecule has 0 bridgehead atoms. The Kier molecular flexibility index (Phi) is 8.22. The van der Waals surface area contributed by atoms with Crippen LogP contribution in [-0.2, 0) is 0 Å². The fraction of sp³-hybridized carbons (Fsp3) is 0.0882. The molecule has 0 saturated carbocycles. The Balaban J connectivity index is 1.14. The number of rotatable bonds is 9. The minimum absolute atomic E-state index is 0.253. The van der Waals surface area contributed by atoms with Crippen molar-refractivity contribution >= 4 is 23.1 Å². The van der Waals surface area contributed by atoms with Crippen LogP contribution in [0.3, 0.4) is 0 Å². The van der Waals surface area contributed by atoms with Gasteiger partial charge in [-0.25, -0.2) is 4.98 Å². The molecule has 222 valence electrons. The van der Waals surface area contributed by atoms with E-state index in [4.69, 9.17) is 29.0 Å². The number of nitrogens with one attached hydrogen (secondary N) is 1. The minimum atomic E-state index is -0.253. The molecule has 11 heteroatoms. The summed E-state index contributed by atoms with van der Waals surface area (Å²) in [6.07, 6.45) is 0. The van der Waals surface area contributed by atoms with Gasteiger partial charge in [-0.3, -0.25) is 4.79 Å². The van der Waals surface area contributed by atoms with Crippen molar-refractivity contribution in [3.05, 3.63) is 102 Å². The van der Waals surface area contributed by atoms with E-state index < -0.39 is 0 Å². The van der Waals surface area contributed by atoms with Gasteiger partial charge >= 0.3 is 0 Å². The van der Waals surface area contributed by atoms with Gasteiger partial charge in [0.1, 0.15) is 10.7 Å². The lowest BCUT2D eigenvalue weighted by Crippen LogP contribution is -2.11. The number of nitrogens with zero attached hydrogens (tertiary/aromatic N) is 4. The molecule has 45 heavy (non-hydrogen) atoms. The molecule has 6 aromatic rings. The predicted octanol–water partition coefficient (Wildman–Crippen LogP) is 7.34. The second-order valence-corrected chi connectivity index (χ2v) is 10.5. The maximum Gasteiger partial charge on any atom is 0.255 e. The number of anilines is 1. The summed E-state index contributed by atoms with van der Waals surface area (Å²) >= 11 is 1.30. The topological polar surface area (TPSA) is 132 Å². The summed E-state index contributed by atoms with van der Waals surface area (Å²) in [5.74, 6) is 2.45. The Morgan fingerprint density at radius 2 is 1.44 bits per heavy atom. The molecule has 1 N–H and O–H groups in total. The van der Waals surface area contributed by atoms with Crippen LogP contribution in [0, 0.1) is 11.3 Å². The molecule has 0 radical (unpaired) electrons. The summed E-state index contributed by atoms with van der Waals surface area (Å²) in [6, 6.07) is 29.2. The summed E-state index contributed by atoms with van der Waals surface area (Å²) in [5.41, 5.74) is 5.64. The number of carbonyl (C=O) groups is 1. The smallest absolute Gasteiger partial charge is 0.255 e. The third-order valence-corrected chi connectivity index (χ3v) is 7.75. The number of methoxy groups -OCH3 is 3. The van der Waals surface area contributed by atoms with E-state index in [1.807, 2.05) is 60.7 Å². The molecule has 0 atom stereocenters. The molecule has 0 saturated heterocycles. The summed E-state index contributed by atoms with van der Waals surface area (Å²) in [6.45, 7) is 0. The SMILES string of the molecule is COc1cc(-c2cc(-c3ccc(-c4nsc(-c5ccc(NC(=O)c6ccc(C#N)cc6)cc5)n4)cc3)no2)cc(OC)c1OC. The van der Waals surface area contributed by atoms with E-state index in [0.717, 1.165) is 27.3 Å². The van der Waals surface area contributed by atoms with Crippen molar-refractivity contribution in [2.45, 2.75) is 0 Å². The van der Waals surface area contributed by atoms with Crippen molar-refractivity contribution in [1.82, 2.24) is 14.5 Å². The zero-order valence-electron chi connectivity index (χ0n) is 24.4. The summed E-state index contributed by atoms with van der Waals surface area (Å²) in [7, 11) is 4.68. The molecule has 10 nitrogen and oxygen atoms in total. The van der Waals surface area contributed by atoms with Crippen LogP contribution in [0.25, 0.3) is 44.5 Å². The molecule has 2 aromatic heterocycles. The molecular formula is C34H25N5O5S. The number of hydrogen-bond acceptors (Lipinski definition) is 10. The van der Waals surface area contributed by atoms with Crippen molar-refractivity contribution in [3.63, 3.8) is 0 Å². The fourth-order valence-electron chi connectivity index (χ4n) is 4.61. The monoisotopic (exact) mass is 615 g/mol. The maximum absolute atomic E-state index is 12.5. The van der Waals surface area contributed by atoms with Crippen LogP contribution in [0.15, 0.2) is 95.5 Å². The number of ether oxygens (including phenoxy) is 3. The Morgan fingerprint density at radius 1 is 0.800 bits per heavy atom. The highest BCUT2D eigenvalue weighted by molar-refractivity contribution is 7.09. The summed E-state index contributed by atoms with van der Waals surface area (Å²) in [5, 5.41) is 16.8. The first-order valence-electron chi connectivity index (χ1n) is 13.6. The van der Waals surface area contributed by atoms with Crippen molar-refractivity contribution < 1.29 is 23.5 Å². The van der Waals surface area contributed by atoms with Gasteiger partial charge in [0.25, 0.3) is 5.91 Å². The Bertz CT molecular complexity index is 1990. The normalized spacial score (nSPS) is 10.6. The van der Waals surface area contributed by atoms with Crippen LogP contribution >= 0.6 is 11.5 Å². The second-order valence-electron chi connectivity index (χ2n) is 9.71. The molecule has 6 rings (SSSR count). The van der Waals surface area contributed by atoms with Gasteiger partial charge < -0.3 is 24.1 Å². The quantitative estimate of drug-likeness (QED) is 0.177. The molecular weight excluding hydrogens is 590 g/mol. The van der Waals surface area contributed by atoms with Gasteiger partial charge in [0.2, 0.25) is 5.75 Å². The Morgan fingerprint density at radius 3 is 2.07 bits per heavy atom. The van der Waals surface area contributed by atoms with E-state index in [0.29, 0.717) is 51.3 Å². The van der Waals surface area contributed by atoms with Crippen molar-refractivity contribution in [3.8, 4) is 67.9 Å². The average molecular weight is 616 g/mol. The molecule has 0 aliphatic heterocycles. The van der Waals surface area contributed by atoms with Gasteiger partial charge in [0.15, 0.2) is 23.1 Å². The van der Waals surface area contributed by atoms with Crippen LogP contribution in [0.5, 0.6) is 17.2 Å². The van der Waals surface area contributed by atoms with Crippen LogP contribution < -0.4 is 19.5 Å². The van der Waals surface area contributed by atoms with Crippen molar-refractivity contribution in [2.24, 2.45) is 0 Å². The number of benzene rings is 4. The van der Waals surface area contributed by atoms with Gasteiger partial charge in [0, 0.05) is 39.6 Å². The summed E-state index contributed by atoms with van der Waals surface area (Å²) in [4.78, 5) is 17.3. The first kappa shape index (κ1) is 29.1. The van der Waals surface area contributed by atoms with Crippen LogP contribution in [-0.4, -0.2) is 41.8 Å². The van der Waals surface area contributed by atoms with E-state index in [2.05, 4.69) is 14.8 Å². The summed E-state index contributed by atoms with van der Waals surface area (Å²) < 4.78 is 26.5. The standard InChI is InChI=1S/C34H25N5O5S/c1-41-29-16-25(17-30(42-2)31(29)43-3)28-18-27(38-44-28)21-8-10-22(11-9-21)32-37-34(45-39-32)24-12-14-26(15-13-24)36-33(40)23-6-4-20(19-35)5-7-23/h4-18H,1-3H3,(H,36,40). The predicted molar refractivity (Wildman–Crippen MR) is 170 cm³/mol. The molecule has 2 heterocycles. The van der Waals surface area contributed by atoms with Gasteiger partial charge in [-0.05, 0) is 72.2 Å². The lowest BCUT2D eigenvalue weighted by atomic mass is 10.1. The lowest BCUT2D eigenvalue weighted by molar-refractivity contribution is 0.102. The first-order chi connectivity index (χ1) is 22.0. The largest absolute Gasteiger partial charge is 0.493 e. The fourth-order valence-corrected chi connectivity index (χ4v) is 5.30. The second kappa shape index (κ2) is 12.7. The first-order valence-corrected chi connectivity index (χ1v) is 14.4. The molecule has 0 spiro atoms. The Labute approximate surface area is 262 Å². The third kappa shape index (κ3) is 6.08. The number of hydrogen-bond donors (Lipinski definition) is 1. The minimum Gasteiger partial charge on any atom is -0.493 e. The van der Waals surface area contributed by atoms with E-state index in [1.165, 1.54) is 11.5 Å². The molecule has 0 aliphatic carbocycles. The highest BCUT2D eigenvalue weighted by Gasteiger charge is 2.18. The maximum atomic E-state index is 12.5. The molecule has 4 aromatic carbocycles. The average Bonchev–Trinajstić information content (AvgIpc) is 3.79. The number of nitriles is 1. The molecule has 0 unspecified atom stereocenters. The van der Waals surface area contributed by atoms with Gasteiger partial charge in [0.05, 0.1) is 33.0 Å². The van der Waals surface area contributed by atoms with Crippen LogP contribution in [0.4, 0.5) is 5.69 Å². The number of aromatic nitrogens is 3. The van der Waals surface area contributed by atoms with E-state index >= 15 is 0 Å². The molecule has 0 fully saturated rings.